The molecule has 0 saturated heterocycles. The molecule has 0 aromatic heterocycles. The van der Waals surface area contributed by atoms with Crippen LogP contribution in [-0.4, -0.2) is 36.1 Å². The first-order valence-electron chi connectivity index (χ1n) is 6.68. The summed E-state index contributed by atoms with van der Waals surface area (Å²) in [5.74, 6) is -0.166. The highest BCUT2D eigenvalue weighted by Crippen LogP contribution is 2.43. The summed E-state index contributed by atoms with van der Waals surface area (Å²) in [6.07, 6.45) is 4.06. The molecule has 1 rings (SSSR count). The molecule has 0 radical (unpaired) electrons. The Hall–Kier alpha value is -0.570. The maximum absolute atomic E-state index is 11.3. The molecule has 3 atom stereocenters. The van der Waals surface area contributed by atoms with Gasteiger partial charge >= 0.3 is 5.97 Å². The van der Waals surface area contributed by atoms with E-state index in [-0.39, 0.29) is 12.0 Å². The lowest BCUT2D eigenvalue weighted by molar-refractivity contribution is -0.146. The SMILES string of the molecule is CCC(C)(C)C1CCC(C(=O)O)C(N(C)C)C1. The molecule has 1 N–H and O–H groups in total. The maximum Gasteiger partial charge on any atom is 0.308 e. The van der Waals surface area contributed by atoms with Crippen LogP contribution in [0.15, 0.2) is 0 Å². The van der Waals surface area contributed by atoms with Crippen LogP contribution in [0.2, 0.25) is 0 Å². The van der Waals surface area contributed by atoms with Gasteiger partial charge in [0, 0.05) is 6.04 Å². The normalized spacial score (nSPS) is 30.6. The Labute approximate surface area is 105 Å². The van der Waals surface area contributed by atoms with E-state index in [0.29, 0.717) is 11.3 Å². The molecule has 0 aromatic rings. The van der Waals surface area contributed by atoms with Crippen LogP contribution in [0.4, 0.5) is 0 Å². The smallest absolute Gasteiger partial charge is 0.308 e. The molecule has 3 nitrogen and oxygen atoms in total. The van der Waals surface area contributed by atoms with E-state index < -0.39 is 5.97 Å². The number of carbonyl (C=O) groups is 1. The maximum atomic E-state index is 11.3. The first-order valence-corrected chi connectivity index (χ1v) is 6.68. The zero-order valence-corrected chi connectivity index (χ0v) is 11.9. The van der Waals surface area contributed by atoms with Crippen molar-refractivity contribution < 1.29 is 9.90 Å². The Bertz CT molecular complexity index is 273. The van der Waals surface area contributed by atoms with Crippen molar-refractivity contribution in [3.8, 4) is 0 Å². The molecule has 100 valence electrons. The largest absolute Gasteiger partial charge is 0.481 e. The van der Waals surface area contributed by atoms with Gasteiger partial charge in [-0.3, -0.25) is 4.79 Å². The van der Waals surface area contributed by atoms with Crippen molar-refractivity contribution in [2.45, 2.75) is 52.5 Å². The second-order valence-electron chi connectivity index (χ2n) is 6.33. The summed E-state index contributed by atoms with van der Waals surface area (Å²) in [7, 11) is 4.00. The minimum atomic E-state index is -0.628. The number of rotatable bonds is 4. The average Bonchev–Trinajstić information content (AvgIpc) is 2.28. The Balaban J connectivity index is 2.79. The summed E-state index contributed by atoms with van der Waals surface area (Å²) in [6, 6.07) is 0.192. The third kappa shape index (κ3) is 3.21. The quantitative estimate of drug-likeness (QED) is 0.822. The van der Waals surface area contributed by atoms with Gasteiger partial charge in [-0.2, -0.15) is 0 Å². The van der Waals surface area contributed by atoms with Crippen molar-refractivity contribution in [1.82, 2.24) is 4.90 Å². The molecule has 3 unspecified atom stereocenters. The number of aliphatic carboxylic acids is 1. The van der Waals surface area contributed by atoms with Gasteiger partial charge in [0.25, 0.3) is 0 Å². The highest BCUT2D eigenvalue weighted by Gasteiger charge is 2.40. The summed E-state index contributed by atoms with van der Waals surface area (Å²) < 4.78 is 0. The molecule has 1 aliphatic carbocycles. The zero-order valence-electron chi connectivity index (χ0n) is 11.9. The molecule has 0 spiro atoms. The first kappa shape index (κ1) is 14.5. The van der Waals surface area contributed by atoms with Gasteiger partial charge in [0.15, 0.2) is 0 Å². The minimum absolute atomic E-state index is 0.186. The van der Waals surface area contributed by atoms with Crippen molar-refractivity contribution in [2.24, 2.45) is 17.3 Å². The number of hydrogen-bond donors (Lipinski definition) is 1. The van der Waals surface area contributed by atoms with Crippen LogP contribution in [0.3, 0.4) is 0 Å². The van der Waals surface area contributed by atoms with Gasteiger partial charge in [-0.15, -0.1) is 0 Å². The van der Waals surface area contributed by atoms with Gasteiger partial charge in [0.05, 0.1) is 5.92 Å². The van der Waals surface area contributed by atoms with E-state index in [1.165, 1.54) is 0 Å². The summed E-state index contributed by atoms with van der Waals surface area (Å²) >= 11 is 0. The Morgan fingerprint density at radius 1 is 1.35 bits per heavy atom. The van der Waals surface area contributed by atoms with E-state index in [1.54, 1.807) is 0 Å². The molecular weight excluding hydrogens is 214 g/mol. The summed E-state index contributed by atoms with van der Waals surface area (Å²) in [5.41, 5.74) is 0.331. The van der Waals surface area contributed by atoms with Crippen molar-refractivity contribution in [3.05, 3.63) is 0 Å². The van der Waals surface area contributed by atoms with Gasteiger partial charge in [0.2, 0.25) is 0 Å². The number of carboxylic acids is 1. The van der Waals surface area contributed by atoms with Crippen molar-refractivity contribution in [2.75, 3.05) is 14.1 Å². The van der Waals surface area contributed by atoms with E-state index in [4.69, 9.17) is 0 Å². The number of carboxylic acid groups (broad SMARTS) is 1. The molecule has 3 heteroatoms. The highest BCUT2D eigenvalue weighted by molar-refractivity contribution is 5.71. The average molecular weight is 241 g/mol. The topological polar surface area (TPSA) is 40.5 Å². The molecule has 1 saturated carbocycles. The fourth-order valence-electron chi connectivity index (χ4n) is 3.00. The van der Waals surface area contributed by atoms with Crippen LogP contribution in [0.5, 0.6) is 0 Å². The van der Waals surface area contributed by atoms with Crippen LogP contribution in [0.1, 0.15) is 46.5 Å². The Kier molecular flexibility index (Phi) is 4.59. The fourth-order valence-corrected chi connectivity index (χ4v) is 3.00. The van der Waals surface area contributed by atoms with E-state index in [9.17, 15) is 9.90 Å². The van der Waals surface area contributed by atoms with Crippen molar-refractivity contribution in [3.63, 3.8) is 0 Å². The second kappa shape index (κ2) is 5.38. The molecule has 17 heavy (non-hydrogen) atoms. The van der Waals surface area contributed by atoms with Gasteiger partial charge in [-0.25, -0.2) is 0 Å². The lowest BCUT2D eigenvalue weighted by atomic mass is 9.66. The number of hydrogen-bond acceptors (Lipinski definition) is 2. The standard InChI is InChI=1S/C14H27NO2/c1-6-14(2,3)10-7-8-11(13(16)17)12(9-10)15(4)5/h10-12H,6-9H2,1-5H3,(H,16,17). The Morgan fingerprint density at radius 3 is 2.35 bits per heavy atom. The predicted molar refractivity (Wildman–Crippen MR) is 70.0 cm³/mol. The van der Waals surface area contributed by atoms with Crippen LogP contribution in [-0.2, 0) is 4.79 Å². The van der Waals surface area contributed by atoms with E-state index in [2.05, 4.69) is 25.7 Å². The Morgan fingerprint density at radius 2 is 1.94 bits per heavy atom. The van der Waals surface area contributed by atoms with Gasteiger partial charge in [-0.1, -0.05) is 27.2 Å². The fraction of sp³-hybridized carbons (Fsp3) is 0.929. The van der Waals surface area contributed by atoms with Gasteiger partial charge < -0.3 is 10.0 Å². The third-order valence-electron chi connectivity index (χ3n) is 4.81. The minimum Gasteiger partial charge on any atom is -0.481 e. The first-order chi connectivity index (χ1) is 7.79. The lowest BCUT2D eigenvalue weighted by Gasteiger charge is -2.44. The molecule has 0 heterocycles. The molecule has 1 aliphatic rings. The molecule has 1 fully saturated rings. The highest BCUT2D eigenvalue weighted by atomic mass is 16.4. The second-order valence-corrected chi connectivity index (χ2v) is 6.33. The van der Waals surface area contributed by atoms with Crippen LogP contribution < -0.4 is 0 Å². The van der Waals surface area contributed by atoms with Gasteiger partial charge in [-0.05, 0) is 44.7 Å². The molecule has 0 aliphatic heterocycles. The molecular formula is C14H27NO2. The third-order valence-corrected chi connectivity index (χ3v) is 4.81. The summed E-state index contributed by atoms with van der Waals surface area (Å²) in [6.45, 7) is 6.85. The van der Waals surface area contributed by atoms with E-state index in [1.807, 2.05) is 14.1 Å². The van der Waals surface area contributed by atoms with Crippen LogP contribution in [0, 0.1) is 17.3 Å². The van der Waals surface area contributed by atoms with E-state index >= 15 is 0 Å². The predicted octanol–water partition coefficient (Wildman–Crippen LogP) is 2.85. The van der Waals surface area contributed by atoms with Gasteiger partial charge in [0.1, 0.15) is 0 Å². The van der Waals surface area contributed by atoms with Crippen molar-refractivity contribution >= 4 is 5.97 Å². The van der Waals surface area contributed by atoms with Crippen LogP contribution >= 0.6 is 0 Å². The van der Waals surface area contributed by atoms with E-state index in [0.717, 1.165) is 25.7 Å². The molecule has 0 bridgehead atoms. The van der Waals surface area contributed by atoms with Crippen LogP contribution in [0.25, 0.3) is 0 Å². The van der Waals surface area contributed by atoms with Crippen molar-refractivity contribution in [1.29, 1.82) is 0 Å². The summed E-state index contributed by atoms with van der Waals surface area (Å²) in [4.78, 5) is 13.4. The molecule has 0 amide bonds. The number of nitrogens with zero attached hydrogens (tertiary/aromatic N) is 1. The molecule has 0 aromatic carbocycles. The lowest BCUT2D eigenvalue weighted by Crippen LogP contribution is -2.46. The monoisotopic (exact) mass is 241 g/mol. The summed E-state index contributed by atoms with van der Waals surface area (Å²) in [5, 5.41) is 9.28. The zero-order chi connectivity index (χ0) is 13.2.